The van der Waals surface area contributed by atoms with Crippen molar-refractivity contribution in [1.82, 2.24) is 9.55 Å². The summed E-state index contributed by atoms with van der Waals surface area (Å²) in [5, 5.41) is 9.35. The molecular weight excluding hydrogens is 382 g/mol. The van der Waals surface area contributed by atoms with Crippen molar-refractivity contribution in [3.05, 3.63) is 72.6 Å². The molecule has 0 saturated carbocycles. The van der Waals surface area contributed by atoms with Crippen LogP contribution in [0.25, 0.3) is 5.69 Å². The van der Waals surface area contributed by atoms with Crippen LogP contribution in [-0.2, 0) is 4.79 Å². The number of anilines is 1. The second-order valence-corrected chi connectivity index (χ2v) is 6.70. The fraction of sp³-hybridized carbons (Fsp3) is 0.150. The van der Waals surface area contributed by atoms with Crippen molar-refractivity contribution >= 4 is 23.4 Å². The quantitative estimate of drug-likeness (QED) is 0.560. The summed E-state index contributed by atoms with van der Waals surface area (Å²) >= 11 is 1.16. The maximum absolute atomic E-state index is 14.1. The fourth-order valence-electron chi connectivity index (χ4n) is 2.64. The summed E-state index contributed by atoms with van der Waals surface area (Å²) in [4.78, 5) is 18.2. The average Bonchev–Trinajstić information content (AvgIpc) is 3.16. The monoisotopic (exact) mass is 398 g/mol. The highest BCUT2D eigenvalue weighted by molar-refractivity contribution is 7.99. The molecule has 1 amide bonds. The number of rotatable bonds is 7. The summed E-state index contributed by atoms with van der Waals surface area (Å²) in [6.45, 7) is 0.0924. The van der Waals surface area contributed by atoms with E-state index in [1.807, 2.05) is 6.07 Å². The van der Waals surface area contributed by atoms with E-state index < -0.39 is 5.82 Å². The number of thioether (sulfide) groups is 1. The number of hydrogen-bond acceptors (Lipinski definition) is 4. The molecule has 1 aromatic heterocycles. The van der Waals surface area contributed by atoms with Gasteiger partial charge in [-0.05, 0) is 30.3 Å². The van der Waals surface area contributed by atoms with Gasteiger partial charge >= 0.3 is 0 Å². The number of aromatic nitrogens is 2. The number of nitriles is 1. The van der Waals surface area contributed by atoms with E-state index in [1.54, 1.807) is 35.2 Å². The molecule has 8 heteroatoms. The molecule has 0 spiro atoms. The van der Waals surface area contributed by atoms with Crippen molar-refractivity contribution in [2.45, 2.75) is 11.6 Å². The molecule has 0 fully saturated rings. The summed E-state index contributed by atoms with van der Waals surface area (Å²) < 4.78 is 29.3. The molecule has 3 rings (SSSR count). The molecule has 0 aliphatic carbocycles. The predicted octanol–water partition coefficient (Wildman–Crippen LogP) is 4.19. The van der Waals surface area contributed by atoms with Crippen molar-refractivity contribution in [3.63, 3.8) is 0 Å². The molecule has 0 aliphatic rings. The van der Waals surface area contributed by atoms with Crippen LogP contribution in [0.15, 0.2) is 66.1 Å². The highest BCUT2D eigenvalue weighted by Gasteiger charge is 2.20. The highest BCUT2D eigenvalue weighted by atomic mass is 32.2. The molecule has 1 heterocycles. The van der Waals surface area contributed by atoms with Gasteiger partial charge in [0.2, 0.25) is 5.91 Å². The predicted molar refractivity (Wildman–Crippen MR) is 103 cm³/mol. The van der Waals surface area contributed by atoms with Gasteiger partial charge in [0.1, 0.15) is 11.6 Å². The zero-order valence-corrected chi connectivity index (χ0v) is 15.6. The summed E-state index contributed by atoms with van der Waals surface area (Å²) in [5.41, 5.74) is 0.722. The first-order chi connectivity index (χ1) is 13.6. The molecule has 0 saturated heterocycles. The Kier molecular flexibility index (Phi) is 6.40. The van der Waals surface area contributed by atoms with Crippen molar-refractivity contribution in [2.75, 3.05) is 17.2 Å². The Bertz CT molecular complexity index is 1020. The molecule has 28 heavy (non-hydrogen) atoms. The van der Waals surface area contributed by atoms with Crippen molar-refractivity contribution < 1.29 is 13.6 Å². The Morgan fingerprint density at radius 1 is 1.21 bits per heavy atom. The minimum absolute atomic E-state index is 0.00785. The molecule has 0 radical (unpaired) electrons. The van der Waals surface area contributed by atoms with E-state index in [4.69, 9.17) is 5.26 Å². The first-order valence-corrected chi connectivity index (χ1v) is 9.42. The van der Waals surface area contributed by atoms with Gasteiger partial charge in [0.05, 0.1) is 29.6 Å². The van der Waals surface area contributed by atoms with E-state index in [1.165, 1.54) is 35.2 Å². The Morgan fingerprint density at radius 2 is 2.04 bits per heavy atom. The van der Waals surface area contributed by atoms with Crippen LogP contribution in [-0.4, -0.2) is 27.8 Å². The molecule has 5 nitrogen and oxygen atoms in total. The van der Waals surface area contributed by atoms with Crippen molar-refractivity contribution in [3.8, 4) is 11.8 Å². The highest BCUT2D eigenvalue weighted by Crippen LogP contribution is 2.24. The van der Waals surface area contributed by atoms with Gasteiger partial charge in [-0.3, -0.25) is 9.36 Å². The first-order valence-electron chi connectivity index (χ1n) is 8.44. The van der Waals surface area contributed by atoms with Gasteiger partial charge in [-0.2, -0.15) is 5.26 Å². The number of amides is 1. The molecule has 3 aromatic rings. The number of halogens is 2. The number of imidazole rings is 1. The Labute approximate surface area is 165 Å². The van der Waals surface area contributed by atoms with Gasteiger partial charge in [0.15, 0.2) is 5.16 Å². The third-order valence-electron chi connectivity index (χ3n) is 3.91. The third-order valence-corrected chi connectivity index (χ3v) is 4.86. The molecular formula is C20H16F2N4OS. The SMILES string of the molecule is N#CCCN(C(=O)CSc1nccn1-c1cccc(F)c1)c1ccccc1F. The summed E-state index contributed by atoms with van der Waals surface area (Å²) in [6, 6.07) is 14.0. The minimum Gasteiger partial charge on any atom is -0.308 e. The Morgan fingerprint density at radius 3 is 2.79 bits per heavy atom. The number of carbonyl (C=O) groups is 1. The molecule has 0 aliphatic heterocycles. The van der Waals surface area contributed by atoms with Gasteiger partial charge in [-0.25, -0.2) is 13.8 Å². The zero-order valence-electron chi connectivity index (χ0n) is 14.8. The third kappa shape index (κ3) is 4.56. The van der Waals surface area contributed by atoms with Crippen LogP contribution < -0.4 is 4.90 Å². The molecule has 0 unspecified atom stereocenters. The normalized spacial score (nSPS) is 10.5. The van der Waals surface area contributed by atoms with Crippen molar-refractivity contribution in [2.24, 2.45) is 0 Å². The number of benzene rings is 2. The smallest absolute Gasteiger partial charge is 0.237 e. The molecule has 0 atom stereocenters. The maximum Gasteiger partial charge on any atom is 0.237 e. The lowest BCUT2D eigenvalue weighted by Gasteiger charge is -2.22. The van der Waals surface area contributed by atoms with Crippen LogP contribution in [0.3, 0.4) is 0 Å². The second kappa shape index (κ2) is 9.15. The molecule has 2 aromatic carbocycles. The minimum atomic E-state index is -0.528. The van der Waals surface area contributed by atoms with Gasteiger partial charge in [0, 0.05) is 18.9 Å². The van der Waals surface area contributed by atoms with Crippen LogP contribution >= 0.6 is 11.8 Å². The first kappa shape index (κ1) is 19.6. The maximum atomic E-state index is 14.1. The number of para-hydroxylation sites is 1. The summed E-state index contributed by atoms with van der Waals surface area (Å²) in [5.74, 6) is -1.26. The van der Waals surface area contributed by atoms with E-state index in [0.29, 0.717) is 10.8 Å². The lowest BCUT2D eigenvalue weighted by Crippen LogP contribution is -2.34. The van der Waals surface area contributed by atoms with E-state index in [9.17, 15) is 13.6 Å². The second-order valence-electron chi connectivity index (χ2n) is 5.75. The average molecular weight is 398 g/mol. The lowest BCUT2D eigenvalue weighted by atomic mass is 10.2. The number of hydrogen-bond donors (Lipinski definition) is 0. The van der Waals surface area contributed by atoms with Crippen molar-refractivity contribution in [1.29, 1.82) is 5.26 Å². The number of carbonyl (C=O) groups excluding carboxylic acids is 1. The molecule has 0 bridgehead atoms. The lowest BCUT2D eigenvalue weighted by molar-refractivity contribution is -0.116. The van der Waals surface area contributed by atoms with Crippen LogP contribution in [0.4, 0.5) is 14.5 Å². The van der Waals surface area contributed by atoms with Gasteiger partial charge < -0.3 is 4.90 Å². The largest absolute Gasteiger partial charge is 0.308 e. The zero-order chi connectivity index (χ0) is 19.9. The summed E-state index contributed by atoms with van der Waals surface area (Å²) in [6.07, 6.45) is 3.32. The van der Waals surface area contributed by atoms with Gasteiger partial charge in [-0.1, -0.05) is 30.0 Å². The van der Waals surface area contributed by atoms with E-state index in [-0.39, 0.29) is 36.1 Å². The fourth-order valence-corrected chi connectivity index (χ4v) is 3.48. The molecule has 0 N–H and O–H groups in total. The standard InChI is InChI=1S/C20H16F2N4OS/c21-15-5-3-6-16(13-15)25-12-10-24-20(25)28-14-19(27)26(11-4-9-23)18-8-2-1-7-17(18)22/h1-3,5-8,10,12-13H,4,11,14H2. The van der Waals surface area contributed by atoms with Crippen LogP contribution in [0.1, 0.15) is 6.42 Å². The number of nitrogens with zero attached hydrogens (tertiary/aromatic N) is 4. The van der Waals surface area contributed by atoms with Crippen LogP contribution in [0.2, 0.25) is 0 Å². The summed E-state index contributed by atoms with van der Waals surface area (Å²) in [7, 11) is 0. The van der Waals surface area contributed by atoms with Crippen LogP contribution in [0.5, 0.6) is 0 Å². The van der Waals surface area contributed by atoms with Gasteiger partial charge in [-0.15, -0.1) is 0 Å². The Hall–Kier alpha value is -3.18. The van der Waals surface area contributed by atoms with E-state index >= 15 is 0 Å². The Balaban J connectivity index is 1.76. The van der Waals surface area contributed by atoms with Crippen LogP contribution in [0, 0.1) is 23.0 Å². The topological polar surface area (TPSA) is 61.9 Å². The molecule has 142 valence electrons. The van der Waals surface area contributed by atoms with Gasteiger partial charge in [0.25, 0.3) is 0 Å². The van der Waals surface area contributed by atoms with E-state index in [2.05, 4.69) is 4.98 Å². The van der Waals surface area contributed by atoms with E-state index in [0.717, 1.165) is 11.8 Å².